The van der Waals surface area contributed by atoms with Crippen LogP contribution in [0.1, 0.15) is 17.0 Å². The molecule has 0 radical (unpaired) electrons. The number of benzene rings is 2. The largest absolute Gasteiger partial charge is 0.355 e. The van der Waals surface area contributed by atoms with Crippen LogP contribution < -0.4 is 5.32 Å². The van der Waals surface area contributed by atoms with E-state index in [4.69, 9.17) is 34.8 Å². The zero-order valence-electron chi connectivity index (χ0n) is 9.33. The minimum atomic E-state index is -1.37. The van der Waals surface area contributed by atoms with Gasteiger partial charge in [-0.15, -0.1) is 0 Å². The molecule has 1 aliphatic rings. The maximum Gasteiger partial charge on any atom is 0.201 e. The van der Waals surface area contributed by atoms with Crippen molar-refractivity contribution in [3.05, 3.63) is 59.7 Å². The van der Waals surface area contributed by atoms with Gasteiger partial charge in [0.1, 0.15) is 0 Å². The van der Waals surface area contributed by atoms with Gasteiger partial charge in [-0.3, -0.25) is 0 Å². The summed E-state index contributed by atoms with van der Waals surface area (Å²) in [6.45, 7) is 0. The molecular weight excluding hydrogens is 289 g/mol. The predicted molar refractivity (Wildman–Crippen MR) is 78.3 cm³/mol. The van der Waals surface area contributed by atoms with Crippen molar-refractivity contribution in [1.29, 1.82) is 0 Å². The van der Waals surface area contributed by atoms with Gasteiger partial charge in [0, 0.05) is 11.4 Å². The first-order chi connectivity index (χ1) is 8.57. The third kappa shape index (κ3) is 1.97. The van der Waals surface area contributed by atoms with E-state index in [1.54, 1.807) is 0 Å². The number of fused-ring (bicyclic) bond motifs is 2. The lowest BCUT2D eigenvalue weighted by molar-refractivity contribution is 0.833. The second-order valence-electron chi connectivity index (χ2n) is 4.27. The minimum Gasteiger partial charge on any atom is -0.355 e. The van der Waals surface area contributed by atoms with Gasteiger partial charge in [0.05, 0.1) is 5.92 Å². The Morgan fingerprint density at radius 1 is 0.778 bits per heavy atom. The second-order valence-corrected chi connectivity index (χ2v) is 6.64. The van der Waals surface area contributed by atoms with Gasteiger partial charge in [0.25, 0.3) is 0 Å². The van der Waals surface area contributed by atoms with Crippen LogP contribution in [-0.2, 0) is 0 Å². The summed E-state index contributed by atoms with van der Waals surface area (Å²) in [5.74, 6) is -0.254. The molecule has 1 heterocycles. The van der Waals surface area contributed by atoms with Gasteiger partial charge in [-0.2, -0.15) is 0 Å². The fourth-order valence-electron chi connectivity index (χ4n) is 2.39. The molecule has 0 saturated heterocycles. The molecular formula is C14H10Cl3N. The van der Waals surface area contributed by atoms with Crippen LogP contribution in [0.15, 0.2) is 48.5 Å². The predicted octanol–water partition coefficient (Wildman–Crippen LogP) is 5.25. The highest BCUT2D eigenvalue weighted by Crippen LogP contribution is 2.52. The number of para-hydroxylation sites is 2. The monoisotopic (exact) mass is 297 g/mol. The normalized spacial score (nSPS) is 14.6. The van der Waals surface area contributed by atoms with E-state index in [0.717, 1.165) is 22.5 Å². The molecule has 18 heavy (non-hydrogen) atoms. The quantitative estimate of drug-likeness (QED) is 0.655. The van der Waals surface area contributed by atoms with Crippen molar-refractivity contribution in [1.82, 2.24) is 0 Å². The lowest BCUT2D eigenvalue weighted by Gasteiger charge is -2.33. The Bertz CT molecular complexity index is 544. The van der Waals surface area contributed by atoms with Gasteiger partial charge in [0.15, 0.2) is 0 Å². The molecule has 0 aliphatic carbocycles. The van der Waals surface area contributed by atoms with E-state index in [1.165, 1.54) is 0 Å². The molecule has 0 bridgehead atoms. The van der Waals surface area contributed by atoms with Crippen molar-refractivity contribution in [3.8, 4) is 0 Å². The zero-order valence-corrected chi connectivity index (χ0v) is 11.6. The van der Waals surface area contributed by atoms with E-state index in [-0.39, 0.29) is 5.92 Å². The first-order valence-corrected chi connectivity index (χ1v) is 6.72. The van der Waals surface area contributed by atoms with Gasteiger partial charge in [0.2, 0.25) is 3.79 Å². The lowest BCUT2D eigenvalue weighted by Crippen LogP contribution is -2.23. The maximum absolute atomic E-state index is 6.17. The molecule has 0 fully saturated rings. The van der Waals surface area contributed by atoms with E-state index in [0.29, 0.717) is 0 Å². The molecule has 3 rings (SSSR count). The Kier molecular flexibility index (Phi) is 2.93. The Morgan fingerprint density at radius 2 is 1.22 bits per heavy atom. The molecule has 4 heteroatoms. The Hall–Kier alpha value is -0.890. The van der Waals surface area contributed by atoms with Gasteiger partial charge < -0.3 is 5.32 Å². The molecule has 1 aliphatic heterocycles. The summed E-state index contributed by atoms with van der Waals surface area (Å²) in [4.78, 5) is 0. The molecule has 1 N–H and O–H groups in total. The van der Waals surface area contributed by atoms with Gasteiger partial charge in [-0.1, -0.05) is 71.2 Å². The average molecular weight is 299 g/mol. The molecule has 2 aromatic carbocycles. The fraction of sp³-hybridized carbons (Fsp3) is 0.143. The highest BCUT2D eigenvalue weighted by Gasteiger charge is 2.39. The van der Waals surface area contributed by atoms with E-state index >= 15 is 0 Å². The minimum absolute atomic E-state index is 0.254. The summed E-state index contributed by atoms with van der Waals surface area (Å²) in [6.07, 6.45) is 0. The van der Waals surface area contributed by atoms with Crippen LogP contribution >= 0.6 is 34.8 Å². The second kappa shape index (κ2) is 4.34. The Labute approximate surface area is 121 Å². The summed E-state index contributed by atoms with van der Waals surface area (Å²) >= 11 is 18.5. The highest BCUT2D eigenvalue weighted by atomic mass is 35.6. The lowest BCUT2D eigenvalue weighted by atomic mass is 9.87. The standard InChI is InChI=1S/C14H10Cl3N/c15-14(16,17)13-9-5-1-3-7-11(9)18-12-8-4-2-6-10(12)13/h1-8,13,18H. The van der Waals surface area contributed by atoms with Crippen LogP contribution in [0.5, 0.6) is 0 Å². The van der Waals surface area contributed by atoms with Crippen molar-refractivity contribution in [2.75, 3.05) is 5.32 Å². The molecule has 0 aromatic heterocycles. The molecule has 2 aromatic rings. The van der Waals surface area contributed by atoms with Crippen molar-refractivity contribution >= 4 is 46.2 Å². The zero-order chi connectivity index (χ0) is 12.8. The van der Waals surface area contributed by atoms with E-state index < -0.39 is 3.79 Å². The van der Waals surface area contributed by atoms with Crippen LogP contribution in [0, 0.1) is 0 Å². The number of anilines is 2. The summed E-state index contributed by atoms with van der Waals surface area (Å²) in [5.41, 5.74) is 4.01. The van der Waals surface area contributed by atoms with Crippen molar-refractivity contribution in [3.63, 3.8) is 0 Å². The summed E-state index contributed by atoms with van der Waals surface area (Å²) in [7, 11) is 0. The number of alkyl halides is 3. The Balaban J connectivity index is 2.24. The molecule has 92 valence electrons. The molecule has 0 saturated carbocycles. The fourth-order valence-corrected chi connectivity index (χ4v) is 3.10. The van der Waals surface area contributed by atoms with Gasteiger partial charge >= 0.3 is 0 Å². The van der Waals surface area contributed by atoms with Crippen molar-refractivity contribution in [2.24, 2.45) is 0 Å². The summed E-state index contributed by atoms with van der Waals surface area (Å²) in [6, 6.07) is 15.8. The third-order valence-corrected chi connectivity index (χ3v) is 3.79. The van der Waals surface area contributed by atoms with E-state index in [9.17, 15) is 0 Å². The van der Waals surface area contributed by atoms with E-state index in [1.807, 2.05) is 48.5 Å². The van der Waals surface area contributed by atoms with Gasteiger partial charge in [-0.25, -0.2) is 0 Å². The third-order valence-electron chi connectivity index (χ3n) is 3.14. The van der Waals surface area contributed by atoms with E-state index in [2.05, 4.69) is 5.32 Å². The first-order valence-electron chi connectivity index (χ1n) is 5.59. The number of rotatable bonds is 0. The molecule has 0 atom stereocenters. The SMILES string of the molecule is ClC(Cl)(Cl)C1c2ccccc2Nc2ccccc21. The van der Waals surface area contributed by atoms with Crippen LogP contribution in [0.2, 0.25) is 0 Å². The Morgan fingerprint density at radius 3 is 1.67 bits per heavy atom. The average Bonchev–Trinajstić information content (AvgIpc) is 2.34. The highest BCUT2D eigenvalue weighted by molar-refractivity contribution is 6.68. The van der Waals surface area contributed by atoms with Crippen LogP contribution in [-0.4, -0.2) is 3.79 Å². The van der Waals surface area contributed by atoms with Crippen LogP contribution in [0.25, 0.3) is 0 Å². The van der Waals surface area contributed by atoms with Crippen LogP contribution in [0.3, 0.4) is 0 Å². The summed E-state index contributed by atoms with van der Waals surface area (Å²) in [5, 5.41) is 3.37. The number of nitrogens with one attached hydrogen (secondary N) is 1. The smallest absolute Gasteiger partial charge is 0.201 e. The summed E-state index contributed by atoms with van der Waals surface area (Å²) < 4.78 is -1.37. The first kappa shape index (κ1) is 12.2. The van der Waals surface area contributed by atoms with Crippen LogP contribution in [0.4, 0.5) is 11.4 Å². The molecule has 0 unspecified atom stereocenters. The van der Waals surface area contributed by atoms with Crippen molar-refractivity contribution in [2.45, 2.75) is 9.71 Å². The molecule has 1 nitrogen and oxygen atoms in total. The number of hydrogen-bond acceptors (Lipinski definition) is 1. The molecule has 0 spiro atoms. The maximum atomic E-state index is 6.17. The number of hydrogen-bond donors (Lipinski definition) is 1. The molecule has 0 amide bonds. The van der Waals surface area contributed by atoms with Crippen molar-refractivity contribution < 1.29 is 0 Å². The van der Waals surface area contributed by atoms with Gasteiger partial charge in [-0.05, 0) is 23.3 Å². The number of halogens is 3. The topological polar surface area (TPSA) is 12.0 Å².